The van der Waals surface area contributed by atoms with Gasteiger partial charge in [-0.1, -0.05) is 0 Å². The number of carbonyl (C=O) groups is 2. The summed E-state index contributed by atoms with van der Waals surface area (Å²) in [5.41, 5.74) is 0.984. The Morgan fingerprint density at radius 2 is 2.12 bits per heavy atom. The third kappa shape index (κ3) is 2.49. The molecule has 5 heteroatoms. The molecule has 1 aromatic heterocycles. The molecule has 0 radical (unpaired) electrons. The maximum Gasteiger partial charge on any atom is 0.418 e. The quantitative estimate of drug-likeness (QED) is 0.750. The summed E-state index contributed by atoms with van der Waals surface area (Å²) in [6.07, 6.45) is 2.19. The molecule has 2 rings (SSSR count). The fraction of sp³-hybridized carbons (Fsp3) is 0.500. The molecule has 2 heterocycles. The van der Waals surface area contributed by atoms with Crippen molar-refractivity contribution in [2.75, 3.05) is 5.32 Å². The van der Waals surface area contributed by atoms with Gasteiger partial charge in [-0.05, 0) is 33.3 Å². The smallest absolute Gasteiger partial charge is 0.418 e. The Hall–Kier alpha value is -1.78. The monoisotopic (exact) mass is 236 g/mol. The molecule has 1 N–H and O–H groups in total. The zero-order valence-electron chi connectivity index (χ0n) is 10.2. The summed E-state index contributed by atoms with van der Waals surface area (Å²) in [7, 11) is 0. The Bertz CT molecular complexity index is 469. The van der Waals surface area contributed by atoms with Gasteiger partial charge in [0.25, 0.3) is 0 Å². The molecule has 0 fully saturated rings. The number of aromatic nitrogens is 1. The van der Waals surface area contributed by atoms with E-state index in [4.69, 9.17) is 4.74 Å². The van der Waals surface area contributed by atoms with Gasteiger partial charge < -0.3 is 10.1 Å². The maximum absolute atomic E-state index is 11.9. The average Bonchev–Trinajstić information content (AvgIpc) is 2.57. The van der Waals surface area contributed by atoms with E-state index in [0.29, 0.717) is 18.5 Å². The molecule has 0 saturated heterocycles. The Balaban J connectivity index is 2.23. The van der Waals surface area contributed by atoms with Crippen LogP contribution >= 0.6 is 0 Å². The second kappa shape index (κ2) is 3.91. The van der Waals surface area contributed by atoms with E-state index in [0.717, 1.165) is 5.69 Å². The molecule has 0 bridgehead atoms. The summed E-state index contributed by atoms with van der Waals surface area (Å²) in [6, 6.07) is 1.72. The Labute approximate surface area is 99.8 Å². The number of hydrogen-bond donors (Lipinski definition) is 1. The van der Waals surface area contributed by atoms with Crippen LogP contribution in [0.4, 0.5) is 10.5 Å². The summed E-state index contributed by atoms with van der Waals surface area (Å²) in [5.74, 6) is -0.0144. The van der Waals surface area contributed by atoms with E-state index in [1.165, 1.54) is 4.57 Å². The molecular formula is C12H16N2O3. The summed E-state index contributed by atoms with van der Waals surface area (Å²) in [4.78, 5) is 23.1. The molecule has 1 amide bonds. The molecule has 0 aliphatic carbocycles. The lowest BCUT2D eigenvalue weighted by molar-refractivity contribution is -0.116. The number of ether oxygens (including phenoxy) is 1. The van der Waals surface area contributed by atoms with Gasteiger partial charge in [-0.15, -0.1) is 0 Å². The molecule has 0 saturated carbocycles. The van der Waals surface area contributed by atoms with Gasteiger partial charge in [0.15, 0.2) is 0 Å². The fourth-order valence-corrected chi connectivity index (χ4v) is 1.76. The van der Waals surface area contributed by atoms with Crippen molar-refractivity contribution in [1.82, 2.24) is 4.57 Å². The van der Waals surface area contributed by atoms with Crippen LogP contribution in [-0.4, -0.2) is 22.2 Å². The van der Waals surface area contributed by atoms with Crippen molar-refractivity contribution in [3.8, 4) is 0 Å². The summed E-state index contributed by atoms with van der Waals surface area (Å²) in [6.45, 7) is 5.47. The molecule has 17 heavy (non-hydrogen) atoms. The lowest BCUT2D eigenvalue weighted by atomic mass is 10.1. The van der Waals surface area contributed by atoms with Crippen LogP contribution in [0, 0.1) is 0 Å². The predicted octanol–water partition coefficient (Wildman–Crippen LogP) is 2.16. The number of nitrogens with one attached hydrogen (secondary N) is 1. The lowest BCUT2D eigenvalue weighted by Crippen LogP contribution is -2.29. The van der Waals surface area contributed by atoms with Crippen LogP contribution in [0.25, 0.3) is 0 Å². The van der Waals surface area contributed by atoms with E-state index in [1.54, 1.807) is 12.3 Å². The van der Waals surface area contributed by atoms with E-state index in [1.807, 2.05) is 20.8 Å². The minimum atomic E-state index is -0.522. The Morgan fingerprint density at radius 3 is 2.76 bits per heavy atom. The van der Waals surface area contributed by atoms with Gasteiger partial charge in [0.05, 0.1) is 11.4 Å². The van der Waals surface area contributed by atoms with Crippen LogP contribution in [-0.2, 0) is 16.0 Å². The van der Waals surface area contributed by atoms with E-state index in [9.17, 15) is 9.59 Å². The van der Waals surface area contributed by atoms with Gasteiger partial charge in [0.2, 0.25) is 5.91 Å². The predicted molar refractivity (Wildman–Crippen MR) is 63.0 cm³/mol. The van der Waals surface area contributed by atoms with E-state index >= 15 is 0 Å². The molecule has 1 aliphatic rings. The van der Waals surface area contributed by atoms with Crippen LogP contribution in [0.1, 0.15) is 32.9 Å². The van der Waals surface area contributed by atoms with Crippen molar-refractivity contribution >= 4 is 17.7 Å². The van der Waals surface area contributed by atoms with Crippen LogP contribution in [0.15, 0.2) is 12.3 Å². The van der Waals surface area contributed by atoms with Crippen LogP contribution in [0.5, 0.6) is 0 Å². The first-order chi connectivity index (χ1) is 7.87. The van der Waals surface area contributed by atoms with Gasteiger partial charge >= 0.3 is 6.09 Å². The van der Waals surface area contributed by atoms with Gasteiger partial charge in [0, 0.05) is 12.6 Å². The second-order valence-electron chi connectivity index (χ2n) is 5.07. The van der Waals surface area contributed by atoms with Crippen molar-refractivity contribution in [2.45, 2.75) is 39.2 Å². The number of anilines is 1. The highest BCUT2D eigenvalue weighted by atomic mass is 16.6. The number of carbonyl (C=O) groups excluding carboxylic acids is 2. The summed E-state index contributed by atoms with van der Waals surface area (Å²) in [5, 5.41) is 2.73. The number of amides is 1. The lowest BCUT2D eigenvalue weighted by Gasteiger charge is -2.21. The van der Waals surface area contributed by atoms with Crippen molar-refractivity contribution in [3.63, 3.8) is 0 Å². The molecule has 0 aromatic carbocycles. The third-order valence-electron chi connectivity index (χ3n) is 2.45. The Kier molecular flexibility index (Phi) is 2.69. The first-order valence-corrected chi connectivity index (χ1v) is 5.60. The van der Waals surface area contributed by atoms with E-state index < -0.39 is 11.7 Å². The van der Waals surface area contributed by atoms with E-state index in [2.05, 4.69) is 5.32 Å². The molecular weight excluding hydrogens is 220 g/mol. The molecule has 1 aliphatic heterocycles. The maximum atomic E-state index is 11.9. The molecule has 5 nitrogen and oxygen atoms in total. The standard InChI is InChI=1S/C12H16N2O3/c1-12(2,3)17-11(16)14-7-6-8-9(14)4-5-10(15)13-8/h6-7H,4-5H2,1-3H3,(H,13,15). The van der Waals surface area contributed by atoms with Crippen molar-refractivity contribution < 1.29 is 14.3 Å². The normalized spacial score (nSPS) is 15.1. The number of nitrogens with zero attached hydrogens (tertiary/aromatic N) is 1. The van der Waals surface area contributed by atoms with Crippen molar-refractivity contribution in [1.29, 1.82) is 0 Å². The zero-order valence-corrected chi connectivity index (χ0v) is 10.2. The highest BCUT2D eigenvalue weighted by Gasteiger charge is 2.24. The Morgan fingerprint density at radius 1 is 1.41 bits per heavy atom. The molecule has 0 spiro atoms. The number of hydrogen-bond acceptors (Lipinski definition) is 3. The average molecular weight is 236 g/mol. The zero-order chi connectivity index (χ0) is 12.6. The van der Waals surface area contributed by atoms with Gasteiger partial charge in [-0.25, -0.2) is 4.79 Å². The van der Waals surface area contributed by atoms with E-state index in [-0.39, 0.29) is 5.91 Å². The summed E-state index contributed by atoms with van der Waals surface area (Å²) >= 11 is 0. The SMILES string of the molecule is CC(C)(C)OC(=O)n1ccc2c1CCC(=O)N2. The van der Waals surface area contributed by atoms with Crippen LogP contribution < -0.4 is 5.32 Å². The highest BCUT2D eigenvalue weighted by Crippen LogP contribution is 2.24. The van der Waals surface area contributed by atoms with Crippen LogP contribution in [0.3, 0.4) is 0 Å². The van der Waals surface area contributed by atoms with Crippen molar-refractivity contribution in [3.05, 3.63) is 18.0 Å². The number of rotatable bonds is 0. The van der Waals surface area contributed by atoms with Gasteiger partial charge in [-0.3, -0.25) is 9.36 Å². The minimum Gasteiger partial charge on any atom is -0.443 e. The topological polar surface area (TPSA) is 60.3 Å². The fourth-order valence-electron chi connectivity index (χ4n) is 1.76. The summed E-state index contributed by atoms with van der Waals surface area (Å²) < 4.78 is 6.74. The second-order valence-corrected chi connectivity index (χ2v) is 5.07. The third-order valence-corrected chi connectivity index (χ3v) is 2.45. The molecule has 92 valence electrons. The van der Waals surface area contributed by atoms with Gasteiger partial charge in [0.1, 0.15) is 5.60 Å². The largest absolute Gasteiger partial charge is 0.443 e. The first kappa shape index (κ1) is 11.7. The molecule has 0 unspecified atom stereocenters. The molecule has 1 aromatic rings. The first-order valence-electron chi connectivity index (χ1n) is 5.60. The van der Waals surface area contributed by atoms with Gasteiger partial charge in [-0.2, -0.15) is 0 Å². The minimum absolute atomic E-state index is 0.0144. The number of fused-ring (bicyclic) bond motifs is 1. The van der Waals surface area contributed by atoms with Crippen molar-refractivity contribution in [2.24, 2.45) is 0 Å². The molecule has 0 atom stereocenters. The van der Waals surface area contributed by atoms with Crippen LogP contribution in [0.2, 0.25) is 0 Å². The highest BCUT2D eigenvalue weighted by molar-refractivity contribution is 5.94.